The predicted molar refractivity (Wildman–Crippen MR) is 101 cm³/mol. The second kappa shape index (κ2) is 9.80. The Kier molecular flexibility index (Phi) is 7.75. The van der Waals surface area contributed by atoms with Crippen molar-refractivity contribution in [3.63, 3.8) is 0 Å². The Morgan fingerprint density at radius 1 is 0.885 bits per heavy atom. The van der Waals surface area contributed by atoms with Gasteiger partial charge in [-0.2, -0.15) is 0 Å². The highest BCUT2D eigenvalue weighted by Gasteiger charge is 2.23. The van der Waals surface area contributed by atoms with E-state index in [-0.39, 0.29) is 19.1 Å². The van der Waals surface area contributed by atoms with E-state index in [0.717, 1.165) is 11.1 Å². The summed E-state index contributed by atoms with van der Waals surface area (Å²) >= 11 is 0. The van der Waals surface area contributed by atoms with Gasteiger partial charge >= 0.3 is 0 Å². The van der Waals surface area contributed by atoms with Crippen LogP contribution in [0.2, 0.25) is 0 Å². The lowest BCUT2D eigenvalue weighted by atomic mass is 10.00. The van der Waals surface area contributed by atoms with Gasteiger partial charge in [0.2, 0.25) is 0 Å². The molecular weight excluding hydrogens is 330 g/mol. The Morgan fingerprint density at radius 2 is 1.50 bits per heavy atom. The second-order valence-corrected chi connectivity index (χ2v) is 6.84. The molecule has 0 bridgehead atoms. The molecule has 0 unspecified atom stereocenters. The molecule has 2 aromatic rings. The number of aliphatic hydroxyl groups is 4. The van der Waals surface area contributed by atoms with Gasteiger partial charge in [0.25, 0.3) is 0 Å². The number of benzene rings is 2. The Balaban J connectivity index is 1.88. The molecular formula is C21H29NO4. The number of hydrogen-bond acceptors (Lipinski definition) is 5. The van der Waals surface area contributed by atoms with Gasteiger partial charge in [-0.15, -0.1) is 0 Å². The monoisotopic (exact) mass is 359 g/mol. The third-order valence-electron chi connectivity index (χ3n) is 4.83. The molecule has 0 saturated heterocycles. The lowest BCUT2D eigenvalue weighted by Crippen LogP contribution is -2.39. The maximum atomic E-state index is 10.5. The SMILES string of the molecule is C[C@@H]([C@H](O)c1ccccc1)N(C)C[C@H](O)C[C@H](O)c1ccc(CO)cc1. The first kappa shape index (κ1) is 20.6. The standard InChI is InChI=1S/C21H29NO4/c1-15(21(26)18-6-4-3-5-7-18)22(2)13-19(24)12-20(25)17-10-8-16(14-23)9-11-17/h3-11,15,19-21,23-26H,12-14H2,1-2H3/t15-,19+,20-,21-/m0/s1. The zero-order valence-electron chi connectivity index (χ0n) is 15.4. The summed E-state index contributed by atoms with van der Waals surface area (Å²) in [6.45, 7) is 2.22. The van der Waals surface area contributed by atoms with E-state index in [4.69, 9.17) is 5.11 Å². The van der Waals surface area contributed by atoms with Gasteiger partial charge in [-0.25, -0.2) is 0 Å². The molecule has 0 aliphatic rings. The maximum Gasteiger partial charge on any atom is 0.0942 e. The normalized spacial score (nSPS) is 16.3. The second-order valence-electron chi connectivity index (χ2n) is 6.84. The van der Waals surface area contributed by atoms with Gasteiger partial charge in [0.1, 0.15) is 0 Å². The fourth-order valence-corrected chi connectivity index (χ4v) is 2.98. The van der Waals surface area contributed by atoms with E-state index in [1.807, 2.05) is 49.2 Å². The Morgan fingerprint density at radius 3 is 2.08 bits per heavy atom. The molecule has 2 aromatic carbocycles. The number of nitrogens with zero attached hydrogens (tertiary/aromatic N) is 1. The summed E-state index contributed by atoms with van der Waals surface area (Å²) in [6.07, 6.45) is -1.94. The molecule has 4 atom stereocenters. The summed E-state index contributed by atoms with van der Waals surface area (Å²) in [7, 11) is 1.85. The summed E-state index contributed by atoms with van der Waals surface area (Å²) in [4.78, 5) is 1.89. The highest BCUT2D eigenvalue weighted by atomic mass is 16.3. The topological polar surface area (TPSA) is 84.2 Å². The Hall–Kier alpha value is -1.76. The van der Waals surface area contributed by atoms with Crippen LogP contribution in [0.5, 0.6) is 0 Å². The predicted octanol–water partition coefficient (Wildman–Crippen LogP) is 2.02. The minimum Gasteiger partial charge on any atom is -0.392 e. The molecule has 26 heavy (non-hydrogen) atoms. The molecule has 0 heterocycles. The molecule has 142 valence electrons. The van der Waals surface area contributed by atoms with Crippen molar-refractivity contribution >= 4 is 0 Å². The fraction of sp³-hybridized carbons (Fsp3) is 0.429. The van der Waals surface area contributed by atoms with Gasteiger partial charge in [0, 0.05) is 19.0 Å². The van der Waals surface area contributed by atoms with Crippen molar-refractivity contribution in [3.8, 4) is 0 Å². The first-order chi connectivity index (χ1) is 12.4. The minimum absolute atomic E-state index is 0.0363. The molecule has 0 aliphatic heterocycles. The lowest BCUT2D eigenvalue weighted by Gasteiger charge is -2.31. The van der Waals surface area contributed by atoms with Crippen LogP contribution in [0.15, 0.2) is 54.6 Å². The highest BCUT2D eigenvalue weighted by molar-refractivity contribution is 5.23. The summed E-state index contributed by atoms with van der Waals surface area (Å²) in [5.41, 5.74) is 2.33. The van der Waals surface area contributed by atoms with Crippen molar-refractivity contribution in [1.29, 1.82) is 0 Å². The zero-order chi connectivity index (χ0) is 19.1. The highest BCUT2D eigenvalue weighted by Crippen LogP contribution is 2.22. The van der Waals surface area contributed by atoms with Crippen LogP contribution in [-0.4, -0.2) is 51.1 Å². The van der Waals surface area contributed by atoms with Gasteiger partial charge in [-0.05, 0) is 30.7 Å². The molecule has 5 nitrogen and oxygen atoms in total. The fourth-order valence-electron chi connectivity index (χ4n) is 2.98. The van der Waals surface area contributed by atoms with Crippen LogP contribution in [0.1, 0.15) is 42.2 Å². The maximum absolute atomic E-state index is 10.5. The van der Waals surface area contributed by atoms with Crippen molar-refractivity contribution in [2.45, 2.75) is 44.3 Å². The van der Waals surface area contributed by atoms with Crippen LogP contribution in [0.3, 0.4) is 0 Å². The van der Waals surface area contributed by atoms with E-state index >= 15 is 0 Å². The molecule has 0 amide bonds. The van der Waals surface area contributed by atoms with Crippen LogP contribution in [0.4, 0.5) is 0 Å². The van der Waals surface area contributed by atoms with Gasteiger partial charge in [0.15, 0.2) is 0 Å². The van der Waals surface area contributed by atoms with E-state index in [9.17, 15) is 15.3 Å². The van der Waals surface area contributed by atoms with Crippen LogP contribution in [0, 0.1) is 0 Å². The van der Waals surface area contributed by atoms with E-state index < -0.39 is 18.3 Å². The molecule has 5 heteroatoms. The third-order valence-corrected chi connectivity index (χ3v) is 4.83. The minimum atomic E-state index is -0.777. The Labute approximate surface area is 155 Å². The summed E-state index contributed by atoms with van der Waals surface area (Å²) in [6, 6.07) is 16.3. The average molecular weight is 359 g/mol. The van der Waals surface area contributed by atoms with E-state index in [1.165, 1.54) is 0 Å². The number of aliphatic hydroxyl groups excluding tert-OH is 4. The lowest BCUT2D eigenvalue weighted by molar-refractivity contribution is 0.0215. The number of likely N-dealkylation sites (N-methyl/N-ethyl adjacent to an activating group) is 1. The Bertz CT molecular complexity index is 647. The molecule has 0 radical (unpaired) electrons. The van der Waals surface area contributed by atoms with E-state index in [0.29, 0.717) is 12.1 Å². The summed E-state index contributed by atoms with van der Waals surface area (Å²) < 4.78 is 0. The molecule has 0 fully saturated rings. The first-order valence-corrected chi connectivity index (χ1v) is 8.91. The van der Waals surface area contributed by atoms with Crippen LogP contribution in [0.25, 0.3) is 0 Å². The van der Waals surface area contributed by atoms with Crippen molar-refractivity contribution in [2.24, 2.45) is 0 Å². The summed E-state index contributed by atoms with van der Waals surface area (Å²) in [5, 5.41) is 40.2. The van der Waals surface area contributed by atoms with Crippen molar-refractivity contribution in [2.75, 3.05) is 13.6 Å². The number of rotatable bonds is 9. The molecule has 0 aliphatic carbocycles. The van der Waals surface area contributed by atoms with Crippen LogP contribution in [-0.2, 0) is 6.61 Å². The zero-order valence-corrected chi connectivity index (χ0v) is 15.4. The molecule has 0 spiro atoms. The largest absolute Gasteiger partial charge is 0.392 e. The average Bonchev–Trinajstić information content (AvgIpc) is 2.67. The molecule has 2 rings (SSSR count). The van der Waals surface area contributed by atoms with Crippen molar-refractivity contribution < 1.29 is 20.4 Å². The van der Waals surface area contributed by atoms with E-state index in [2.05, 4.69) is 0 Å². The van der Waals surface area contributed by atoms with Gasteiger partial charge in [0.05, 0.1) is 24.9 Å². The van der Waals surface area contributed by atoms with Crippen LogP contribution < -0.4 is 0 Å². The molecule has 0 aromatic heterocycles. The molecule has 4 N–H and O–H groups in total. The molecule has 0 saturated carbocycles. The smallest absolute Gasteiger partial charge is 0.0942 e. The number of hydrogen-bond donors (Lipinski definition) is 4. The van der Waals surface area contributed by atoms with Crippen molar-refractivity contribution in [1.82, 2.24) is 4.90 Å². The van der Waals surface area contributed by atoms with E-state index in [1.54, 1.807) is 24.3 Å². The van der Waals surface area contributed by atoms with Crippen molar-refractivity contribution in [3.05, 3.63) is 71.3 Å². The van der Waals surface area contributed by atoms with Gasteiger partial charge in [-0.1, -0.05) is 54.6 Å². The van der Waals surface area contributed by atoms with Crippen LogP contribution >= 0.6 is 0 Å². The summed E-state index contributed by atoms with van der Waals surface area (Å²) in [5.74, 6) is 0. The third kappa shape index (κ3) is 5.62. The van der Waals surface area contributed by atoms with Gasteiger partial charge < -0.3 is 20.4 Å². The quantitative estimate of drug-likeness (QED) is 0.550. The first-order valence-electron chi connectivity index (χ1n) is 8.91. The van der Waals surface area contributed by atoms with Gasteiger partial charge in [-0.3, -0.25) is 4.90 Å².